The van der Waals surface area contributed by atoms with E-state index in [9.17, 15) is 4.79 Å². The summed E-state index contributed by atoms with van der Waals surface area (Å²) in [7, 11) is 0. The van der Waals surface area contributed by atoms with Crippen molar-refractivity contribution in [2.75, 3.05) is 6.54 Å². The predicted molar refractivity (Wildman–Crippen MR) is 100 cm³/mol. The van der Waals surface area contributed by atoms with E-state index >= 15 is 0 Å². The number of carbonyl (C=O) groups excluding carboxylic acids is 1. The second-order valence-electron chi connectivity index (χ2n) is 6.01. The van der Waals surface area contributed by atoms with Gasteiger partial charge in [0.1, 0.15) is 5.76 Å². The summed E-state index contributed by atoms with van der Waals surface area (Å²) in [6.07, 6.45) is 1.66. The number of furan rings is 1. The van der Waals surface area contributed by atoms with Crippen molar-refractivity contribution in [2.24, 2.45) is 0 Å². The average Bonchev–Trinajstić information content (AvgIpc) is 3.29. The minimum Gasteiger partial charge on any atom is -0.468 e. The van der Waals surface area contributed by atoms with Crippen LogP contribution in [0.4, 0.5) is 0 Å². The number of hydrogen-bond donors (Lipinski definition) is 1. The van der Waals surface area contributed by atoms with Crippen molar-refractivity contribution in [3.8, 4) is 0 Å². The van der Waals surface area contributed by atoms with Crippen molar-refractivity contribution in [2.45, 2.75) is 26.1 Å². The Morgan fingerprint density at radius 1 is 1.12 bits per heavy atom. The molecule has 3 aromatic rings. The van der Waals surface area contributed by atoms with Crippen LogP contribution in [0.25, 0.3) is 0 Å². The van der Waals surface area contributed by atoms with E-state index < -0.39 is 0 Å². The van der Waals surface area contributed by atoms with Crippen LogP contribution >= 0.6 is 11.3 Å². The van der Waals surface area contributed by atoms with Gasteiger partial charge >= 0.3 is 0 Å². The lowest BCUT2D eigenvalue weighted by atomic mass is 10.2. The first-order valence-electron chi connectivity index (χ1n) is 8.32. The molecule has 2 heterocycles. The summed E-state index contributed by atoms with van der Waals surface area (Å²) in [5, 5.41) is 5.10. The molecule has 1 amide bonds. The molecule has 1 unspecified atom stereocenters. The van der Waals surface area contributed by atoms with Gasteiger partial charge in [0.25, 0.3) is 0 Å². The summed E-state index contributed by atoms with van der Waals surface area (Å²) in [5.74, 6) is 0.874. The summed E-state index contributed by atoms with van der Waals surface area (Å²) in [6.45, 7) is 3.63. The summed E-state index contributed by atoms with van der Waals surface area (Å²) in [4.78, 5) is 15.7. The van der Waals surface area contributed by atoms with Crippen molar-refractivity contribution in [1.82, 2.24) is 10.2 Å². The van der Waals surface area contributed by atoms with E-state index in [-0.39, 0.29) is 11.9 Å². The van der Waals surface area contributed by atoms with Crippen molar-refractivity contribution < 1.29 is 9.21 Å². The Balaban J connectivity index is 1.62. The quantitative estimate of drug-likeness (QED) is 0.659. The fraction of sp³-hybridized carbons (Fsp3) is 0.250. The molecular weight excluding hydrogens is 332 g/mol. The molecule has 0 spiro atoms. The Morgan fingerprint density at radius 3 is 2.64 bits per heavy atom. The minimum absolute atomic E-state index is 0.0170. The molecule has 1 N–H and O–H groups in total. The highest BCUT2D eigenvalue weighted by Gasteiger charge is 2.16. The highest BCUT2D eigenvalue weighted by molar-refractivity contribution is 7.10. The fourth-order valence-electron chi connectivity index (χ4n) is 2.73. The molecule has 4 nitrogen and oxygen atoms in total. The van der Waals surface area contributed by atoms with Crippen LogP contribution in [0.2, 0.25) is 0 Å². The zero-order chi connectivity index (χ0) is 17.5. The number of nitrogens with one attached hydrogen (secondary N) is 1. The van der Waals surface area contributed by atoms with Gasteiger partial charge in [-0.3, -0.25) is 9.69 Å². The van der Waals surface area contributed by atoms with Gasteiger partial charge in [0.15, 0.2) is 0 Å². The van der Waals surface area contributed by atoms with Gasteiger partial charge in [-0.05, 0) is 36.1 Å². The Hall–Kier alpha value is -2.37. The van der Waals surface area contributed by atoms with E-state index in [4.69, 9.17) is 4.42 Å². The van der Waals surface area contributed by atoms with Gasteiger partial charge in [0, 0.05) is 11.4 Å². The number of thiophene rings is 1. The van der Waals surface area contributed by atoms with Gasteiger partial charge in [-0.25, -0.2) is 0 Å². The molecule has 1 atom stereocenters. The molecule has 130 valence electrons. The van der Waals surface area contributed by atoms with E-state index in [1.807, 2.05) is 54.8 Å². The topological polar surface area (TPSA) is 45.5 Å². The summed E-state index contributed by atoms with van der Waals surface area (Å²) < 4.78 is 5.45. The monoisotopic (exact) mass is 354 g/mol. The number of carbonyl (C=O) groups is 1. The number of benzene rings is 1. The zero-order valence-corrected chi connectivity index (χ0v) is 15.0. The molecule has 5 heteroatoms. The third kappa shape index (κ3) is 5.31. The lowest BCUT2D eigenvalue weighted by Gasteiger charge is -2.22. The first-order valence-corrected chi connectivity index (χ1v) is 9.20. The van der Waals surface area contributed by atoms with Gasteiger partial charge in [-0.1, -0.05) is 36.4 Å². The smallest absolute Gasteiger partial charge is 0.234 e. The van der Waals surface area contributed by atoms with E-state index in [1.54, 1.807) is 17.6 Å². The van der Waals surface area contributed by atoms with Crippen LogP contribution in [0.3, 0.4) is 0 Å². The molecule has 0 aliphatic carbocycles. The van der Waals surface area contributed by atoms with Gasteiger partial charge < -0.3 is 9.73 Å². The van der Waals surface area contributed by atoms with Crippen LogP contribution in [0.15, 0.2) is 70.7 Å². The number of rotatable bonds is 8. The van der Waals surface area contributed by atoms with Gasteiger partial charge in [-0.15, -0.1) is 11.3 Å². The summed E-state index contributed by atoms with van der Waals surface area (Å²) in [5.41, 5.74) is 1.17. The maximum atomic E-state index is 12.5. The summed E-state index contributed by atoms with van der Waals surface area (Å²) in [6, 6.07) is 18.0. The Bertz CT molecular complexity index is 754. The van der Waals surface area contributed by atoms with Crippen molar-refractivity contribution >= 4 is 17.2 Å². The maximum absolute atomic E-state index is 12.5. The molecule has 0 aliphatic rings. The normalized spacial score (nSPS) is 12.2. The van der Waals surface area contributed by atoms with Crippen LogP contribution in [0.5, 0.6) is 0 Å². The first kappa shape index (κ1) is 17.5. The Morgan fingerprint density at radius 2 is 1.96 bits per heavy atom. The summed E-state index contributed by atoms with van der Waals surface area (Å²) >= 11 is 1.65. The van der Waals surface area contributed by atoms with Gasteiger partial charge in [0.2, 0.25) is 5.91 Å². The second-order valence-corrected chi connectivity index (χ2v) is 6.99. The van der Waals surface area contributed by atoms with Gasteiger partial charge in [0.05, 0.1) is 25.4 Å². The molecule has 0 aliphatic heterocycles. The SMILES string of the molecule is CC(NC(=O)CN(Cc1ccccc1)Cc1ccco1)c1cccs1. The first-order chi connectivity index (χ1) is 12.2. The van der Waals surface area contributed by atoms with Crippen molar-refractivity contribution in [3.63, 3.8) is 0 Å². The highest BCUT2D eigenvalue weighted by Crippen LogP contribution is 2.18. The molecular formula is C20H22N2O2S. The lowest BCUT2D eigenvalue weighted by Crippen LogP contribution is -2.37. The molecule has 0 saturated heterocycles. The molecule has 2 aromatic heterocycles. The Kier molecular flexibility index (Phi) is 6.04. The fourth-order valence-corrected chi connectivity index (χ4v) is 3.47. The highest BCUT2D eigenvalue weighted by atomic mass is 32.1. The van der Waals surface area contributed by atoms with Crippen molar-refractivity contribution in [1.29, 1.82) is 0 Å². The third-order valence-corrected chi connectivity index (χ3v) is 4.98. The molecule has 0 radical (unpaired) electrons. The predicted octanol–water partition coefficient (Wildman–Crippen LogP) is 4.22. The minimum atomic E-state index is 0.0170. The molecule has 1 aromatic carbocycles. The molecule has 3 rings (SSSR count). The number of nitrogens with zero attached hydrogens (tertiary/aromatic N) is 1. The molecule has 25 heavy (non-hydrogen) atoms. The lowest BCUT2D eigenvalue weighted by molar-refractivity contribution is -0.123. The van der Waals surface area contributed by atoms with E-state index in [0.29, 0.717) is 19.6 Å². The number of amides is 1. The van der Waals surface area contributed by atoms with Crippen molar-refractivity contribution in [3.05, 3.63) is 82.4 Å². The standard InChI is InChI=1S/C20H22N2O2S/c1-16(19-10-6-12-25-19)21-20(23)15-22(14-18-9-5-11-24-18)13-17-7-3-2-4-8-17/h2-12,16H,13-15H2,1H3,(H,21,23). The van der Waals surface area contributed by atoms with Gasteiger partial charge in [-0.2, -0.15) is 0 Å². The molecule has 0 fully saturated rings. The van der Waals surface area contributed by atoms with E-state index in [2.05, 4.69) is 22.3 Å². The molecule has 0 bridgehead atoms. The van der Waals surface area contributed by atoms with E-state index in [1.165, 1.54) is 5.56 Å². The average molecular weight is 354 g/mol. The van der Waals surface area contributed by atoms with Crippen LogP contribution in [-0.2, 0) is 17.9 Å². The number of hydrogen-bond acceptors (Lipinski definition) is 4. The third-order valence-electron chi connectivity index (χ3n) is 3.92. The zero-order valence-electron chi connectivity index (χ0n) is 14.2. The van der Waals surface area contributed by atoms with E-state index in [0.717, 1.165) is 10.6 Å². The second kappa shape index (κ2) is 8.65. The van der Waals surface area contributed by atoms with Crippen LogP contribution in [0, 0.1) is 0 Å². The maximum Gasteiger partial charge on any atom is 0.234 e. The molecule has 0 saturated carbocycles. The van der Waals surface area contributed by atoms with Crippen LogP contribution in [0.1, 0.15) is 29.2 Å². The largest absolute Gasteiger partial charge is 0.468 e. The van der Waals surface area contributed by atoms with Crippen LogP contribution in [-0.4, -0.2) is 17.4 Å². The Labute approximate surface area is 152 Å². The van der Waals surface area contributed by atoms with Crippen LogP contribution < -0.4 is 5.32 Å².